The Morgan fingerprint density at radius 3 is 3.00 bits per heavy atom. The van der Waals surface area contributed by atoms with E-state index in [0.29, 0.717) is 11.1 Å². The summed E-state index contributed by atoms with van der Waals surface area (Å²) in [6.45, 7) is 2.98. The van der Waals surface area contributed by atoms with Gasteiger partial charge in [0.05, 0.1) is 6.54 Å². The first-order chi connectivity index (χ1) is 9.26. The Hall–Kier alpha value is -1.13. The molecular weight excluding hydrogens is 278 g/mol. The van der Waals surface area contributed by atoms with E-state index in [1.807, 2.05) is 0 Å². The number of thiophene rings is 1. The zero-order valence-corrected chi connectivity index (χ0v) is 12.4. The van der Waals surface area contributed by atoms with Crippen molar-refractivity contribution < 1.29 is 0 Å². The Morgan fingerprint density at radius 1 is 1.42 bits per heavy atom. The normalized spacial score (nSPS) is 14.6. The third-order valence-electron chi connectivity index (χ3n) is 3.30. The van der Waals surface area contributed by atoms with Crippen LogP contribution in [-0.4, -0.2) is 9.97 Å². The molecule has 1 saturated carbocycles. The van der Waals surface area contributed by atoms with Crippen LogP contribution in [0.15, 0.2) is 17.5 Å². The minimum atomic E-state index is 0.521. The summed E-state index contributed by atoms with van der Waals surface area (Å²) >= 11 is 7.83. The van der Waals surface area contributed by atoms with Gasteiger partial charge in [-0.1, -0.05) is 18.5 Å². The number of aryl methyl sites for hydroxylation is 1. The SMILES string of the molecule is CCc1ccsc1CNc1cc(Cl)nc(C2CC2)n1. The van der Waals surface area contributed by atoms with Crippen LogP contribution in [0.3, 0.4) is 0 Å². The van der Waals surface area contributed by atoms with Crippen molar-refractivity contribution in [2.75, 3.05) is 5.32 Å². The van der Waals surface area contributed by atoms with Crippen LogP contribution in [0.25, 0.3) is 0 Å². The second-order valence-electron chi connectivity index (χ2n) is 4.78. The highest BCUT2D eigenvalue weighted by atomic mass is 35.5. The monoisotopic (exact) mass is 293 g/mol. The Kier molecular flexibility index (Phi) is 3.71. The molecule has 2 heterocycles. The predicted octanol–water partition coefficient (Wildman–Crippen LogP) is 4.24. The van der Waals surface area contributed by atoms with Gasteiger partial charge in [0.15, 0.2) is 0 Å². The van der Waals surface area contributed by atoms with Gasteiger partial charge in [-0.25, -0.2) is 9.97 Å². The molecule has 100 valence electrons. The lowest BCUT2D eigenvalue weighted by Crippen LogP contribution is -2.04. The molecule has 3 rings (SSSR count). The minimum absolute atomic E-state index is 0.521. The number of nitrogens with one attached hydrogen (secondary N) is 1. The quantitative estimate of drug-likeness (QED) is 0.838. The van der Waals surface area contributed by atoms with Gasteiger partial charge in [-0.3, -0.25) is 0 Å². The van der Waals surface area contributed by atoms with E-state index in [2.05, 4.69) is 33.7 Å². The molecule has 2 aromatic rings. The lowest BCUT2D eigenvalue weighted by molar-refractivity contribution is 0.921. The topological polar surface area (TPSA) is 37.8 Å². The molecule has 0 radical (unpaired) electrons. The van der Waals surface area contributed by atoms with Crippen molar-refractivity contribution in [3.8, 4) is 0 Å². The van der Waals surface area contributed by atoms with Crippen molar-refractivity contribution >= 4 is 28.8 Å². The lowest BCUT2D eigenvalue weighted by Gasteiger charge is -2.07. The molecule has 0 amide bonds. The molecule has 0 aliphatic heterocycles. The summed E-state index contributed by atoms with van der Waals surface area (Å²) < 4.78 is 0. The number of anilines is 1. The zero-order valence-electron chi connectivity index (χ0n) is 10.8. The van der Waals surface area contributed by atoms with Crippen molar-refractivity contribution in [1.82, 2.24) is 9.97 Å². The minimum Gasteiger partial charge on any atom is -0.365 e. The van der Waals surface area contributed by atoms with E-state index in [1.54, 1.807) is 17.4 Å². The molecular formula is C14H16ClN3S. The summed E-state index contributed by atoms with van der Waals surface area (Å²) in [7, 11) is 0. The van der Waals surface area contributed by atoms with Gasteiger partial charge >= 0.3 is 0 Å². The summed E-state index contributed by atoms with van der Waals surface area (Å²) in [5, 5.41) is 6.03. The molecule has 1 N–H and O–H groups in total. The highest BCUT2D eigenvalue weighted by Crippen LogP contribution is 2.38. The molecule has 5 heteroatoms. The van der Waals surface area contributed by atoms with Crippen molar-refractivity contribution in [2.45, 2.75) is 38.6 Å². The largest absolute Gasteiger partial charge is 0.365 e. The molecule has 1 aliphatic rings. The molecule has 0 saturated heterocycles. The first-order valence-electron chi connectivity index (χ1n) is 6.60. The standard InChI is InChI=1S/C14H16ClN3S/c1-2-9-5-6-19-11(9)8-16-13-7-12(15)17-14(18-13)10-3-4-10/h5-7,10H,2-4,8H2,1H3,(H,16,17,18). The summed E-state index contributed by atoms with van der Waals surface area (Å²) in [6, 6.07) is 3.98. The number of nitrogens with zero attached hydrogens (tertiary/aromatic N) is 2. The number of hydrogen-bond donors (Lipinski definition) is 1. The zero-order chi connectivity index (χ0) is 13.2. The first kappa shape index (κ1) is 12.9. The fourth-order valence-corrected chi connectivity index (χ4v) is 3.16. The van der Waals surface area contributed by atoms with Crippen LogP contribution in [0.5, 0.6) is 0 Å². The van der Waals surface area contributed by atoms with Gasteiger partial charge in [-0.2, -0.15) is 0 Å². The van der Waals surface area contributed by atoms with Crippen LogP contribution in [0.1, 0.15) is 41.9 Å². The van der Waals surface area contributed by atoms with E-state index >= 15 is 0 Å². The van der Waals surface area contributed by atoms with E-state index in [4.69, 9.17) is 11.6 Å². The highest BCUT2D eigenvalue weighted by Gasteiger charge is 2.27. The Balaban J connectivity index is 1.72. The molecule has 1 aliphatic carbocycles. The predicted molar refractivity (Wildman–Crippen MR) is 80.0 cm³/mol. The van der Waals surface area contributed by atoms with Crippen LogP contribution >= 0.6 is 22.9 Å². The molecule has 0 bridgehead atoms. The maximum atomic E-state index is 6.05. The van der Waals surface area contributed by atoms with E-state index in [9.17, 15) is 0 Å². The maximum Gasteiger partial charge on any atom is 0.135 e. The van der Waals surface area contributed by atoms with E-state index in [1.165, 1.54) is 23.3 Å². The van der Waals surface area contributed by atoms with Gasteiger partial charge in [0.25, 0.3) is 0 Å². The molecule has 0 atom stereocenters. The van der Waals surface area contributed by atoms with Crippen molar-refractivity contribution in [3.05, 3.63) is 38.9 Å². The smallest absolute Gasteiger partial charge is 0.135 e. The van der Waals surface area contributed by atoms with Crippen molar-refractivity contribution in [3.63, 3.8) is 0 Å². The fraction of sp³-hybridized carbons (Fsp3) is 0.429. The number of hydrogen-bond acceptors (Lipinski definition) is 4. The summed E-state index contributed by atoms with van der Waals surface area (Å²) in [6.07, 6.45) is 3.44. The lowest BCUT2D eigenvalue weighted by atomic mass is 10.2. The number of halogens is 1. The van der Waals surface area contributed by atoms with Crippen LogP contribution in [-0.2, 0) is 13.0 Å². The molecule has 2 aromatic heterocycles. The third kappa shape index (κ3) is 3.07. The first-order valence-corrected chi connectivity index (χ1v) is 7.85. The van der Waals surface area contributed by atoms with Gasteiger partial charge in [0, 0.05) is 16.9 Å². The molecule has 0 spiro atoms. The Bertz CT molecular complexity index is 578. The summed E-state index contributed by atoms with van der Waals surface area (Å²) in [5.74, 6) is 2.24. The second-order valence-corrected chi connectivity index (χ2v) is 6.17. The van der Waals surface area contributed by atoms with E-state index in [-0.39, 0.29) is 0 Å². The van der Waals surface area contributed by atoms with Gasteiger partial charge in [0.1, 0.15) is 16.8 Å². The average Bonchev–Trinajstić information content (AvgIpc) is 3.15. The van der Waals surface area contributed by atoms with Gasteiger partial charge in [-0.05, 0) is 36.3 Å². The molecule has 0 unspecified atom stereocenters. The number of aromatic nitrogens is 2. The molecule has 0 aromatic carbocycles. The van der Waals surface area contributed by atoms with Gasteiger partial charge in [0.2, 0.25) is 0 Å². The maximum absolute atomic E-state index is 6.05. The number of rotatable bonds is 5. The average molecular weight is 294 g/mol. The van der Waals surface area contributed by atoms with Crippen LogP contribution in [0, 0.1) is 0 Å². The van der Waals surface area contributed by atoms with Crippen LogP contribution < -0.4 is 5.32 Å². The van der Waals surface area contributed by atoms with E-state index in [0.717, 1.165) is 24.6 Å². The van der Waals surface area contributed by atoms with Crippen LogP contribution in [0.4, 0.5) is 5.82 Å². The van der Waals surface area contributed by atoms with Crippen molar-refractivity contribution in [2.24, 2.45) is 0 Å². The third-order valence-corrected chi connectivity index (χ3v) is 4.46. The van der Waals surface area contributed by atoms with Gasteiger partial charge in [-0.15, -0.1) is 11.3 Å². The van der Waals surface area contributed by atoms with E-state index < -0.39 is 0 Å². The molecule has 3 nitrogen and oxygen atoms in total. The molecule has 1 fully saturated rings. The van der Waals surface area contributed by atoms with Crippen molar-refractivity contribution in [1.29, 1.82) is 0 Å². The summed E-state index contributed by atoms with van der Waals surface area (Å²) in [4.78, 5) is 10.2. The Morgan fingerprint density at radius 2 is 2.26 bits per heavy atom. The molecule has 19 heavy (non-hydrogen) atoms. The highest BCUT2D eigenvalue weighted by molar-refractivity contribution is 7.10. The second kappa shape index (κ2) is 5.47. The fourth-order valence-electron chi connectivity index (χ4n) is 2.06. The van der Waals surface area contributed by atoms with Gasteiger partial charge < -0.3 is 5.32 Å². The Labute approximate surface area is 122 Å². The van der Waals surface area contributed by atoms with Crippen LogP contribution in [0.2, 0.25) is 5.15 Å². The summed E-state index contributed by atoms with van der Waals surface area (Å²) in [5.41, 5.74) is 1.40.